The van der Waals surface area contributed by atoms with E-state index in [0.29, 0.717) is 0 Å². The van der Waals surface area contributed by atoms with Gasteiger partial charge >= 0.3 is 0 Å². The van der Waals surface area contributed by atoms with Crippen molar-refractivity contribution >= 4 is 44.3 Å². The van der Waals surface area contributed by atoms with E-state index in [2.05, 4.69) is 236 Å². The van der Waals surface area contributed by atoms with Crippen molar-refractivity contribution in [2.45, 2.75) is 91.6 Å². The Bertz CT molecular complexity index is 2860. The summed E-state index contributed by atoms with van der Waals surface area (Å²) in [7, 11) is 0. The van der Waals surface area contributed by atoms with E-state index in [4.69, 9.17) is 0 Å². The van der Waals surface area contributed by atoms with Crippen LogP contribution in [-0.2, 0) is 18.3 Å². The van der Waals surface area contributed by atoms with Crippen LogP contribution in [0, 0.1) is 0 Å². The Kier molecular flexibility index (Phi) is 9.74. The van der Waals surface area contributed by atoms with Crippen molar-refractivity contribution < 1.29 is 0 Å². The van der Waals surface area contributed by atoms with Gasteiger partial charge < -0.3 is 9.80 Å². The second-order valence-electron chi connectivity index (χ2n) is 19.8. The molecule has 8 aromatic rings. The summed E-state index contributed by atoms with van der Waals surface area (Å²) in [6.45, 7) is 20.7. The Morgan fingerprint density at radius 3 is 1.80 bits per heavy atom. The number of nitrogens with zero attached hydrogens (tertiary/aromatic N) is 2. The van der Waals surface area contributed by atoms with Crippen molar-refractivity contribution in [3.05, 3.63) is 192 Å². The molecular formula is C58H58N2. The number of benzene rings is 8. The highest BCUT2D eigenvalue weighted by Gasteiger charge is 2.33. The van der Waals surface area contributed by atoms with Gasteiger partial charge in [0.15, 0.2) is 0 Å². The van der Waals surface area contributed by atoms with Crippen molar-refractivity contribution in [3.63, 3.8) is 0 Å². The summed E-state index contributed by atoms with van der Waals surface area (Å²) in [6.07, 6.45) is 1.96. The highest BCUT2D eigenvalue weighted by molar-refractivity contribution is 6.10. The maximum atomic E-state index is 2.55. The Labute approximate surface area is 358 Å². The number of hydrogen-bond donors (Lipinski definition) is 0. The van der Waals surface area contributed by atoms with Crippen LogP contribution in [0.2, 0.25) is 0 Å². The molecule has 0 bridgehead atoms. The predicted octanol–water partition coefficient (Wildman–Crippen LogP) is 16.0. The molecule has 0 atom stereocenters. The molecule has 0 amide bonds. The van der Waals surface area contributed by atoms with Gasteiger partial charge in [-0.05, 0) is 174 Å². The van der Waals surface area contributed by atoms with Crippen molar-refractivity contribution in [2.75, 3.05) is 9.80 Å². The second kappa shape index (κ2) is 14.9. The van der Waals surface area contributed by atoms with E-state index in [9.17, 15) is 0 Å². The summed E-state index contributed by atoms with van der Waals surface area (Å²) < 4.78 is 0. The summed E-state index contributed by atoms with van der Waals surface area (Å²) in [4.78, 5) is 5.03. The Hall–Kier alpha value is -6.12. The van der Waals surface area contributed by atoms with Crippen LogP contribution in [0.3, 0.4) is 0 Å². The number of para-hydroxylation sites is 1. The van der Waals surface area contributed by atoms with E-state index in [1.165, 1.54) is 94.4 Å². The SMILES string of the molecule is CC(C)(C)N(c1ccc2c(c1)Cc1ccccc1N2c1ccc2c(c1)Cc1ccccc1-2)C(C)(C)C.CC(C)(C)c1cc2ccccc2c2cc(-c3ccccc3)ccc12. The molecule has 2 nitrogen and oxygen atoms in total. The van der Waals surface area contributed by atoms with Gasteiger partial charge in [0, 0.05) is 40.2 Å². The third-order valence-corrected chi connectivity index (χ3v) is 12.3. The Morgan fingerprint density at radius 1 is 0.417 bits per heavy atom. The van der Waals surface area contributed by atoms with Crippen molar-refractivity contribution in [2.24, 2.45) is 0 Å². The number of fused-ring (bicyclic) bond motifs is 8. The summed E-state index contributed by atoms with van der Waals surface area (Å²) in [5, 5.41) is 5.36. The van der Waals surface area contributed by atoms with Gasteiger partial charge in [-0.2, -0.15) is 0 Å². The van der Waals surface area contributed by atoms with Gasteiger partial charge in [0.2, 0.25) is 0 Å². The van der Waals surface area contributed by atoms with Crippen LogP contribution in [0.1, 0.15) is 90.1 Å². The molecule has 0 N–H and O–H groups in total. The minimum atomic E-state index is 0.0216. The minimum absolute atomic E-state index is 0.0216. The van der Waals surface area contributed by atoms with Crippen LogP contribution < -0.4 is 9.80 Å². The molecule has 1 aliphatic carbocycles. The quantitative estimate of drug-likeness (QED) is 0.165. The Morgan fingerprint density at radius 2 is 1.05 bits per heavy atom. The van der Waals surface area contributed by atoms with Gasteiger partial charge in [0.25, 0.3) is 0 Å². The zero-order valence-corrected chi connectivity index (χ0v) is 36.9. The number of anilines is 4. The van der Waals surface area contributed by atoms with Crippen LogP contribution >= 0.6 is 0 Å². The minimum Gasteiger partial charge on any atom is -0.362 e. The van der Waals surface area contributed by atoms with Crippen LogP contribution in [-0.4, -0.2) is 11.1 Å². The third kappa shape index (κ3) is 7.27. The lowest BCUT2D eigenvalue weighted by atomic mass is 9.81. The van der Waals surface area contributed by atoms with Gasteiger partial charge in [-0.3, -0.25) is 0 Å². The summed E-state index contributed by atoms with van der Waals surface area (Å²) in [5.74, 6) is 0. The monoisotopic (exact) mass is 782 g/mol. The number of rotatable bonds is 3. The van der Waals surface area contributed by atoms with Crippen LogP contribution in [0.25, 0.3) is 43.8 Å². The van der Waals surface area contributed by atoms with Crippen LogP contribution in [0.5, 0.6) is 0 Å². The van der Waals surface area contributed by atoms with E-state index >= 15 is 0 Å². The summed E-state index contributed by atoms with van der Waals surface area (Å²) >= 11 is 0. The molecule has 60 heavy (non-hydrogen) atoms. The molecule has 0 fully saturated rings. The average Bonchev–Trinajstić information content (AvgIpc) is 3.59. The molecule has 0 aromatic heterocycles. The van der Waals surface area contributed by atoms with Gasteiger partial charge in [-0.15, -0.1) is 0 Å². The molecule has 0 radical (unpaired) electrons. The lowest BCUT2D eigenvalue weighted by Gasteiger charge is -2.48. The van der Waals surface area contributed by atoms with E-state index < -0.39 is 0 Å². The maximum absolute atomic E-state index is 2.55. The topological polar surface area (TPSA) is 6.48 Å². The smallest absolute Gasteiger partial charge is 0.0498 e. The molecule has 0 spiro atoms. The molecule has 10 rings (SSSR count). The molecule has 2 aliphatic rings. The summed E-state index contributed by atoms with van der Waals surface area (Å²) in [6, 6.07) is 60.4. The maximum Gasteiger partial charge on any atom is 0.0498 e. The fourth-order valence-electron chi connectivity index (χ4n) is 10.1. The zero-order valence-electron chi connectivity index (χ0n) is 36.9. The molecule has 0 unspecified atom stereocenters. The van der Waals surface area contributed by atoms with Gasteiger partial charge in [-0.25, -0.2) is 0 Å². The normalized spacial score (nSPS) is 13.2. The van der Waals surface area contributed by atoms with Crippen LogP contribution in [0.15, 0.2) is 164 Å². The molecule has 300 valence electrons. The lowest BCUT2D eigenvalue weighted by Crippen LogP contribution is -2.53. The van der Waals surface area contributed by atoms with Gasteiger partial charge in [0.1, 0.15) is 0 Å². The van der Waals surface area contributed by atoms with Crippen molar-refractivity contribution in [1.29, 1.82) is 0 Å². The fraction of sp³-hybridized carbons (Fsp3) is 0.241. The fourth-order valence-corrected chi connectivity index (χ4v) is 10.1. The molecule has 0 saturated carbocycles. The number of hydrogen-bond acceptors (Lipinski definition) is 2. The van der Waals surface area contributed by atoms with Gasteiger partial charge in [0.05, 0.1) is 0 Å². The molecule has 2 heteroatoms. The predicted molar refractivity (Wildman–Crippen MR) is 260 cm³/mol. The van der Waals surface area contributed by atoms with Crippen molar-refractivity contribution in [3.8, 4) is 22.3 Å². The van der Waals surface area contributed by atoms with Crippen molar-refractivity contribution in [1.82, 2.24) is 0 Å². The van der Waals surface area contributed by atoms with E-state index in [1.54, 1.807) is 0 Å². The Balaban J connectivity index is 0.000000167. The second-order valence-corrected chi connectivity index (χ2v) is 19.8. The molecule has 1 heterocycles. The molecule has 1 aliphatic heterocycles. The van der Waals surface area contributed by atoms with Crippen LogP contribution in [0.4, 0.5) is 22.7 Å². The first-order valence-corrected chi connectivity index (χ1v) is 21.7. The van der Waals surface area contributed by atoms with E-state index in [-0.39, 0.29) is 16.5 Å². The summed E-state index contributed by atoms with van der Waals surface area (Å²) in [5.41, 5.74) is 17.6. The first kappa shape index (κ1) is 39.3. The molecule has 8 aromatic carbocycles. The first-order chi connectivity index (χ1) is 28.6. The lowest BCUT2D eigenvalue weighted by molar-refractivity contribution is 0.381. The third-order valence-electron chi connectivity index (χ3n) is 12.3. The first-order valence-electron chi connectivity index (χ1n) is 21.7. The standard InChI is InChI=1S/C34H36N2.C24H22/c1-33(2,3)36(34(4,5)6)28-16-18-32-26(22-28)20-24-12-8-10-14-31(24)35(32)27-15-17-30-25(21-27)19-23-11-7-9-13-29(23)30;1-24(2,3)23-16-19-11-7-8-12-20(19)22-15-18(13-14-21(22)23)17-9-5-4-6-10-17/h7-18,21-22H,19-20H2,1-6H3;4-16H,1-3H3. The highest BCUT2D eigenvalue weighted by Crippen LogP contribution is 2.48. The zero-order chi connectivity index (χ0) is 42.0. The largest absolute Gasteiger partial charge is 0.362 e. The van der Waals surface area contributed by atoms with E-state index in [1.807, 2.05) is 0 Å². The molecular weight excluding hydrogens is 725 g/mol. The average molecular weight is 783 g/mol. The van der Waals surface area contributed by atoms with Gasteiger partial charge in [-0.1, -0.05) is 136 Å². The molecule has 0 saturated heterocycles. The van der Waals surface area contributed by atoms with E-state index in [0.717, 1.165) is 12.8 Å². The highest BCUT2D eigenvalue weighted by atomic mass is 15.2.